The maximum absolute atomic E-state index is 9.78. The Labute approximate surface area is 67.3 Å². The highest BCUT2D eigenvalue weighted by Crippen LogP contribution is 1.68. The number of aldehydes is 1. The molecule has 0 heterocycles. The molecule has 0 spiro atoms. The Morgan fingerprint density at radius 1 is 1.36 bits per heavy atom. The highest BCUT2D eigenvalue weighted by Gasteiger charge is 1.86. The van der Waals surface area contributed by atoms with Gasteiger partial charge in [0, 0.05) is 19.6 Å². The zero-order valence-corrected chi connectivity index (χ0v) is 6.93. The van der Waals surface area contributed by atoms with Gasteiger partial charge in [-0.15, -0.1) is 0 Å². The van der Waals surface area contributed by atoms with E-state index in [4.69, 9.17) is 4.74 Å². The lowest BCUT2D eigenvalue weighted by Gasteiger charge is -2.02. The van der Waals surface area contributed by atoms with Gasteiger partial charge in [0.15, 0.2) is 0 Å². The second kappa shape index (κ2) is 9.55. The van der Waals surface area contributed by atoms with Gasteiger partial charge in [-0.3, -0.25) is 0 Å². The molecular formula is C7H16N2O2. The van der Waals surface area contributed by atoms with Crippen molar-refractivity contribution in [1.29, 1.82) is 0 Å². The first-order valence-electron chi connectivity index (χ1n) is 3.78. The molecule has 0 aliphatic rings. The summed E-state index contributed by atoms with van der Waals surface area (Å²) in [5.74, 6) is 0. The summed E-state index contributed by atoms with van der Waals surface area (Å²) in [7, 11) is 1.91. The molecule has 0 aromatic heterocycles. The monoisotopic (exact) mass is 160 g/mol. The molecule has 0 radical (unpaired) electrons. The summed E-state index contributed by atoms with van der Waals surface area (Å²) in [5.41, 5.74) is 0. The van der Waals surface area contributed by atoms with Crippen LogP contribution in [0.1, 0.15) is 0 Å². The van der Waals surface area contributed by atoms with E-state index in [0.29, 0.717) is 6.61 Å². The molecule has 11 heavy (non-hydrogen) atoms. The van der Waals surface area contributed by atoms with E-state index >= 15 is 0 Å². The standard InChI is InChI=1S/C7H16N2O2/c1-8-2-3-9-4-6-11-7-5-10/h5,8-9H,2-4,6-7H2,1H3. The summed E-state index contributed by atoms with van der Waals surface area (Å²) in [6.07, 6.45) is 0.758. The number of nitrogens with one attached hydrogen (secondary N) is 2. The van der Waals surface area contributed by atoms with Crippen molar-refractivity contribution in [3.8, 4) is 0 Å². The highest BCUT2D eigenvalue weighted by atomic mass is 16.5. The maximum atomic E-state index is 9.78. The SMILES string of the molecule is CNCCNCCOCC=O. The van der Waals surface area contributed by atoms with Gasteiger partial charge in [-0.05, 0) is 7.05 Å². The molecule has 0 amide bonds. The molecule has 0 aliphatic carbocycles. The van der Waals surface area contributed by atoms with E-state index < -0.39 is 0 Å². The van der Waals surface area contributed by atoms with E-state index in [2.05, 4.69) is 10.6 Å². The van der Waals surface area contributed by atoms with Crippen LogP contribution in [0.5, 0.6) is 0 Å². The van der Waals surface area contributed by atoms with E-state index in [1.807, 2.05) is 7.05 Å². The molecular weight excluding hydrogens is 144 g/mol. The number of rotatable bonds is 8. The van der Waals surface area contributed by atoms with Gasteiger partial charge in [0.05, 0.1) is 6.61 Å². The Morgan fingerprint density at radius 2 is 2.18 bits per heavy atom. The summed E-state index contributed by atoms with van der Waals surface area (Å²) in [5, 5.41) is 6.15. The first-order valence-corrected chi connectivity index (χ1v) is 3.78. The van der Waals surface area contributed by atoms with E-state index in [1.54, 1.807) is 0 Å². The normalized spacial score (nSPS) is 9.91. The zero-order chi connectivity index (χ0) is 8.36. The molecule has 0 atom stereocenters. The van der Waals surface area contributed by atoms with Crippen molar-refractivity contribution in [2.75, 3.05) is 39.9 Å². The van der Waals surface area contributed by atoms with Gasteiger partial charge in [-0.25, -0.2) is 0 Å². The molecule has 0 rings (SSSR count). The molecule has 0 saturated carbocycles. The minimum atomic E-state index is 0.202. The van der Waals surface area contributed by atoms with Crippen LogP contribution in [0.2, 0.25) is 0 Å². The van der Waals surface area contributed by atoms with Crippen LogP contribution < -0.4 is 10.6 Å². The fourth-order valence-corrected chi connectivity index (χ4v) is 0.614. The Bertz CT molecular complexity index is 88.5. The lowest BCUT2D eigenvalue weighted by atomic mass is 10.6. The average Bonchev–Trinajstić information content (AvgIpc) is 2.03. The van der Waals surface area contributed by atoms with Crippen LogP contribution in [0, 0.1) is 0 Å². The third-order valence-electron chi connectivity index (χ3n) is 1.16. The molecule has 0 unspecified atom stereocenters. The van der Waals surface area contributed by atoms with Gasteiger partial charge in [0.2, 0.25) is 0 Å². The van der Waals surface area contributed by atoms with E-state index in [0.717, 1.165) is 25.9 Å². The molecule has 0 aliphatic heterocycles. The van der Waals surface area contributed by atoms with Crippen molar-refractivity contribution in [2.45, 2.75) is 0 Å². The van der Waals surface area contributed by atoms with Crippen molar-refractivity contribution in [3.63, 3.8) is 0 Å². The van der Waals surface area contributed by atoms with Crippen LogP contribution in [0.15, 0.2) is 0 Å². The predicted octanol–water partition coefficient (Wildman–Crippen LogP) is -0.989. The number of hydrogen-bond acceptors (Lipinski definition) is 4. The largest absolute Gasteiger partial charge is 0.373 e. The van der Waals surface area contributed by atoms with E-state index in [-0.39, 0.29) is 6.61 Å². The lowest BCUT2D eigenvalue weighted by Crippen LogP contribution is -2.27. The highest BCUT2D eigenvalue weighted by molar-refractivity contribution is 5.50. The van der Waals surface area contributed by atoms with Gasteiger partial charge in [-0.1, -0.05) is 0 Å². The predicted molar refractivity (Wildman–Crippen MR) is 43.7 cm³/mol. The molecule has 0 fully saturated rings. The average molecular weight is 160 g/mol. The minimum Gasteiger partial charge on any atom is -0.373 e. The summed E-state index contributed by atoms with van der Waals surface area (Å²) in [4.78, 5) is 9.78. The lowest BCUT2D eigenvalue weighted by molar-refractivity contribution is -0.111. The van der Waals surface area contributed by atoms with Crippen LogP contribution >= 0.6 is 0 Å². The van der Waals surface area contributed by atoms with Crippen molar-refractivity contribution in [2.24, 2.45) is 0 Å². The third-order valence-corrected chi connectivity index (χ3v) is 1.16. The Hall–Kier alpha value is -0.450. The second-order valence-electron chi connectivity index (χ2n) is 2.10. The fraction of sp³-hybridized carbons (Fsp3) is 0.857. The van der Waals surface area contributed by atoms with Crippen molar-refractivity contribution in [1.82, 2.24) is 10.6 Å². The summed E-state index contributed by atoms with van der Waals surface area (Å²) < 4.78 is 4.91. The van der Waals surface area contributed by atoms with Gasteiger partial charge in [-0.2, -0.15) is 0 Å². The first-order chi connectivity index (χ1) is 5.41. The number of likely N-dealkylation sites (N-methyl/N-ethyl adjacent to an activating group) is 1. The van der Waals surface area contributed by atoms with Gasteiger partial charge >= 0.3 is 0 Å². The Morgan fingerprint density at radius 3 is 2.82 bits per heavy atom. The summed E-state index contributed by atoms with van der Waals surface area (Å²) >= 11 is 0. The van der Waals surface area contributed by atoms with Crippen molar-refractivity contribution in [3.05, 3.63) is 0 Å². The van der Waals surface area contributed by atoms with E-state index in [1.165, 1.54) is 0 Å². The summed E-state index contributed by atoms with van der Waals surface area (Å²) in [6, 6.07) is 0. The maximum Gasteiger partial charge on any atom is 0.145 e. The molecule has 0 aromatic rings. The Kier molecular flexibility index (Phi) is 9.16. The van der Waals surface area contributed by atoms with Crippen LogP contribution in [0.25, 0.3) is 0 Å². The quantitative estimate of drug-likeness (QED) is 0.353. The van der Waals surface area contributed by atoms with Crippen molar-refractivity contribution < 1.29 is 9.53 Å². The Balaban J connectivity index is 2.74. The molecule has 0 aromatic carbocycles. The van der Waals surface area contributed by atoms with E-state index in [9.17, 15) is 4.79 Å². The number of carbonyl (C=O) groups is 1. The van der Waals surface area contributed by atoms with Gasteiger partial charge < -0.3 is 20.2 Å². The molecule has 0 saturated heterocycles. The second-order valence-corrected chi connectivity index (χ2v) is 2.10. The molecule has 66 valence electrons. The first kappa shape index (κ1) is 10.6. The van der Waals surface area contributed by atoms with Gasteiger partial charge in [0.25, 0.3) is 0 Å². The number of ether oxygens (including phenoxy) is 1. The molecule has 2 N–H and O–H groups in total. The molecule has 4 heteroatoms. The fourth-order valence-electron chi connectivity index (χ4n) is 0.614. The molecule has 0 bridgehead atoms. The minimum absolute atomic E-state index is 0.202. The third kappa shape index (κ3) is 9.55. The number of carbonyl (C=O) groups excluding carboxylic acids is 1. The number of hydrogen-bond donors (Lipinski definition) is 2. The summed E-state index contributed by atoms with van der Waals surface area (Å²) in [6.45, 7) is 3.49. The van der Waals surface area contributed by atoms with Crippen LogP contribution in [0.3, 0.4) is 0 Å². The van der Waals surface area contributed by atoms with Crippen LogP contribution in [0.4, 0.5) is 0 Å². The topological polar surface area (TPSA) is 50.4 Å². The van der Waals surface area contributed by atoms with Crippen LogP contribution in [-0.2, 0) is 9.53 Å². The van der Waals surface area contributed by atoms with Crippen LogP contribution in [-0.4, -0.2) is 46.2 Å². The zero-order valence-electron chi connectivity index (χ0n) is 6.93. The molecule has 4 nitrogen and oxygen atoms in total. The van der Waals surface area contributed by atoms with Crippen molar-refractivity contribution >= 4 is 6.29 Å². The van der Waals surface area contributed by atoms with Gasteiger partial charge in [0.1, 0.15) is 12.9 Å². The smallest absolute Gasteiger partial charge is 0.145 e.